The van der Waals surface area contributed by atoms with Crippen molar-refractivity contribution in [3.05, 3.63) is 64.3 Å². The van der Waals surface area contributed by atoms with Gasteiger partial charge in [-0.05, 0) is 36.6 Å². The van der Waals surface area contributed by atoms with Gasteiger partial charge in [-0.2, -0.15) is 0 Å². The summed E-state index contributed by atoms with van der Waals surface area (Å²) in [6.07, 6.45) is 4.06. The normalized spacial score (nSPS) is 13.6. The lowest BCUT2D eigenvalue weighted by atomic mass is 9.76. The number of halogens is 1. The van der Waals surface area contributed by atoms with E-state index >= 15 is 0 Å². The second-order valence-electron chi connectivity index (χ2n) is 4.94. The number of hydrogen-bond acceptors (Lipinski definition) is 2. The molecule has 1 atom stereocenters. The highest BCUT2D eigenvalue weighted by molar-refractivity contribution is 5.34. The van der Waals surface area contributed by atoms with Crippen LogP contribution in [0.4, 0.5) is 4.39 Å². The van der Waals surface area contributed by atoms with Gasteiger partial charge in [0.15, 0.2) is 0 Å². The average molecular weight is 273 g/mol. The zero-order valence-corrected chi connectivity index (χ0v) is 11.5. The van der Waals surface area contributed by atoms with Crippen LogP contribution in [0.15, 0.2) is 41.9 Å². The van der Waals surface area contributed by atoms with Crippen molar-refractivity contribution in [1.82, 2.24) is 9.55 Å². The highest BCUT2D eigenvalue weighted by Crippen LogP contribution is 2.35. The van der Waals surface area contributed by atoms with E-state index in [1.54, 1.807) is 18.6 Å². The third-order valence-electron chi connectivity index (χ3n) is 3.62. The summed E-state index contributed by atoms with van der Waals surface area (Å²) in [5.41, 5.74) is 9.78. The molecular weight excluding hydrogens is 257 g/mol. The number of rotatable bonds is 5. The lowest BCUT2D eigenvalue weighted by molar-refractivity contribution is 0.490. The molecule has 0 saturated heterocycles. The molecule has 1 aromatic carbocycles. The minimum atomic E-state index is -0.457. The molecule has 5 nitrogen and oxygen atoms in total. The van der Waals surface area contributed by atoms with Gasteiger partial charge in [-0.25, -0.2) is 9.37 Å². The second-order valence-corrected chi connectivity index (χ2v) is 4.94. The van der Waals surface area contributed by atoms with Crippen molar-refractivity contribution in [2.24, 2.45) is 12.2 Å². The quantitative estimate of drug-likeness (QED) is 0.466. The van der Waals surface area contributed by atoms with Crippen molar-refractivity contribution >= 4 is 0 Å². The molecule has 1 heterocycles. The number of nitrogens with zero attached hydrogens (tertiary/aromatic N) is 5. The van der Waals surface area contributed by atoms with E-state index in [4.69, 9.17) is 5.53 Å². The fourth-order valence-electron chi connectivity index (χ4n) is 2.46. The summed E-state index contributed by atoms with van der Waals surface area (Å²) in [4.78, 5) is 6.91. The van der Waals surface area contributed by atoms with Gasteiger partial charge in [0.25, 0.3) is 0 Å². The predicted molar refractivity (Wildman–Crippen MR) is 74.7 cm³/mol. The smallest absolute Gasteiger partial charge is 0.123 e. The summed E-state index contributed by atoms with van der Waals surface area (Å²) < 4.78 is 15.4. The van der Waals surface area contributed by atoms with Gasteiger partial charge < -0.3 is 4.57 Å². The van der Waals surface area contributed by atoms with Crippen LogP contribution in [0.5, 0.6) is 0 Å². The molecule has 1 aromatic heterocycles. The molecule has 1 unspecified atom stereocenters. The van der Waals surface area contributed by atoms with Crippen molar-refractivity contribution in [2.75, 3.05) is 6.54 Å². The summed E-state index contributed by atoms with van der Waals surface area (Å²) in [6, 6.07) is 6.50. The Balaban J connectivity index is 2.48. The van der Waals surface area contributed by atoms with Gasteiger partial charge in [0, 0.05) is 35.8 Å². The van der Waals surface area contributed by atoms with Crippen LogP contribution >= 0.6 is 0 Å². The zero-order chi connectivity index (χ0) is 14.6. The number of aromatic nitrogens is 2. The lowest BCUT2D eigenvalue weighted by Gasteiger charge is -2.30. The van der Waals surface area contributed by atoms with Crippen molar-refractivity contribution in [3.8, 4) is 0 Å². The first-order chi connectivity index (χ1) is 9.58. The van der Waals surface area contributed by atoms with Crippen LogP contribution < -0.4 is 0 Å². The van der Waals surface area contributed by atoms with Gasteiger partial charge >= 0.3 is 0 Å². The van der Waals surface area contributed by atoms with Crippen LogP contribution in [0.3, 0.4) is 0 Å². The summed E-state index contributed by atoms with van der Waals surface area (Å²) >= 11 is 0. The maximum Gasteiger partial charge on any atom is 0.123 e. The highest BCUT2D eigenvalue weighted by atomic mass is 19.1. The number of aryl methyl sites for hydroxylation is 1. The number of benzene rings is 1. The summed E-state index contributed by atoms with van der Waals surface area (Å²) in [7, 11) is 1.90. The van der Waals surface area contributed by atoms with Crippen molar-refractivity contribution in [2.45, 2.75) is 18.8 Å². The largest absolute Gasteiger partial charge is 0.337 e. The van der Waals surface area contributed by atoms with Gasteiger partial charge in [-0.3, -0.25) is 0 Å². The number of imidazole rings is 1. The monoisotopic (exact) mass is 273 g/mol. The Kier molecular flexibility index (Phi) is 4.05. The lowest BCUT2D eigenvalue weighted by Crippen LogP contribution is -2.27. The molecule has 0 fully saturated rings. The zero-order valence-electron chi connectivity index (χ0n) is 11.5. The molecule has 2 aromatic rings. The van der Waals surface area contributed by atoms with Crippen LogP contribution in [-0.4, -0.2) is 16.1 Å². The Morgan fingerprint density at radius 1 is 1.50 bits per heavy atom. The van der Waals surface area contributed by atoms with Crippen LogP contribution in [0.25, 0.3) is 10.4 Å². The number of hydrogen-bond donors (Lipinski definition) is 0. The Morgan fingerprint density at radius 2 is 2.30 bits per heavy atom. The molecule has 0 saturated carbocycles. The molecule has 0 aliphatic heterocycles. The highest BCUT2D eigenvalue weighted by Gasteiger charge is 2.31. The van der Waals surface area contributed by atoms with E-state index in [0.717, 1.165) is 11.3 Å². The maximum atomic E-state index is 13.5. The standard InChI is InChI=1S/C14H16FN5/c1-14(6-7-18-19-16,13-9-17-10-20(13)2)11-4-3-5-12(15)8-11/h3-5,8-10H,6-7H2,1-2H3. The predicted octanol–water partition coefficient (Wildman–Crippen LogP) is 3.57. The Labute approximate surface area is 116 Å². The molecule has 0 aliphatic rings. The summed E-state index contributed by atoms with van der Waals surface area (Å²) in [5.74, 6) is -0.278. The van der Waals surface area contributed by atoms with Crippen LogP contribution in [0.1, 0.15) is 24.6 Å². The average Bonchev–Trinajstić information content (AvgIpc) is 2.86. The molecule has 104 valence electrons. The molecule has 0 radical (unpaired) electrons. The topological polar surface area (TPSA) is 66.6 Å². The van der Waals surface area contributed by atoms with E-state index in [-0.39, 0.29) is 5.82 Å². The van der Waals surface area contributed by atoms with E-state index in [2.05, 4.69) is 15.0 Å². The van der Waals surface area contributed by atoms with E-state index in [0.29, 0.717) is 13.0 Å². The summed E-state index contributed by atoms with van der Waals surface area (Å²) in [6.45, 7) is 2.35. The van der Waals surface area contributed by atoms with Crippen molar-refractivity contribution in [1.29, 1.82) is 0 Å². The first-order valence-corrected chi connectivity index (χ1v) is 6.31. The molecule has 0 bridgehead atoms. The Hall–Kier alpha value is -2.33. The first-order valence-electron chi connectivity index (χ1n) is 6.31. The molecule has 0 N–H and O–H groups in total. The van der Waals surface area contributed by atoms with Gasteiger partial charge in [0.2, 0.25) is 0 Å². The molecule has 6 heteroatoms. The SMILES string of the molecule is Cn1cncc1C(C)(CCN=[N+]=[N-])c1cccc(F)c1. The van der Waals surface area contributed by atoms with Gasteiger partial charge in [0.1, 0.15) is 5.82 Å². The first kappa shape index (κ1) is 14.1. The third-order valence-corrected chi connectivity index (χ3v) is 3.62. The maximum absolute atomic E-state index is 13.5. The van der Waals surface area contributed by atoms with Crippen LogP contribution in [-0.2, 0) is 12.5 Å². The molecule has 0 aliphatic carbocycles. The van der Waals surface area contributed by atoms with Gasteiger partial charge in [0.05, 0.1) is 6.33 Å². The molecular formula is C14H16FN5. The molecule has 0 amide bonds. The molecule has 2 rings (SSSR count). The minimum Gasteiger partial charge on any atom is -0.337 e. The van der Waals surface area contributed by atoms with E-state index in [1.807, 2.05) is 24.6 Å². The molecule has 0 spiro atoms. The third kappa shape index (κ3) is 2.65. The minimum absolute atomic E-state index is 0.278. The van der Waals surface area contributed by atoms with E-state index in [1.165, 1.54) is 12.1 Å². The van der Waals surface area contributed by atoms with Gasteiger partial charge in [-0.15, -0.1) is 0 Å². The van der Waals surface area contributed by atoms with Gasteiger partial charge in [-0.1, -0.05) is 17.2 Å². The summed E-state index contributed by atoms with van der Waals surface area (Å²) in [5, 5.41) is 3.60. The fraction of sp³-hybridized carbons (Fsp3) is 0.357. The van der Waals surface area contributed by atoms with Crippen molar-refractivity contribution < 1.29 is 4.39 Å². The molecule has 20 heavy (non-hydrogen) atoms. The van der Waals surface area contributed by atoms with Crippen molar-refractivity contribution in [3.63, 3.8) is 0 Å². The Bertz CT molecular complexity index is 645. The van der Waals surface area contributed by atoms with E-state index < -0.39 is 5.41 Å². The Morgan fingerprint density at radius 3 is 2.90 bits per heavy atom. The van der Waals surface area contributed by atoms with Crippen LogP contribution in [0, 0.1) is 5.82 Å². The van der Waals surface area contributed by atoms with Crippen LogP contribution in [0.2, 0.25) is 0 Å². The second kappa shape index (κ2) is 5.75. The number of azide groups is 1. The fourth-order valence-corrected chi connectivity index (χ4v) is 2.46. The van der Waals surface area contributed by atoms with E-state index in [9.17, 15) is 4.39 Å².